The molecule has 0 bridgehead atoms. The molecule has 1 unspecified atom stereocenters. The number of nitrogen functional groups attached to an aromatic ring is 1. The number of anilines is 1. The molecule has 5 atom stereocenters. The van der Waals surface area contributed by atoms with Crippen molar-refractivity contribution >= 4 is 30.6 Å². The molecular weight excluding hydrogens is 579 g/mol. The zero-order valence-corrected chi connectivity index (χ0v) is 24.1. The molecule has 0 saturated carbocycles. The summed E-state index contributed by atoms with van der Waals surface area (Å²) in [5.41, 5.74) is 7.89. The van der Waals surface area contributed by atoms with E-state index < -0.39 is 50.0 Å². The zero-order valence-electron chi connectivity index (χ0n) is 23.2. The first-order valence-corrected chi connectivity index (χ1v) is 15.8. The monoisotopic (exact) mass is 608 g/mol. The third-order valence-electron chi connectivity index (χ3n) is 7.79. The Bertz CT molecular complexity index is 1710. The fourth-order valence-electron chi connectivity index (χ4n) is 5.97. The van der Waals surface area contributed by atoms with E-state index in [9.17, 15) is 4.79 Å². The molecular formula is C28H29N6O8P. The molecule has 3 fully saturated rings. The summed E-state index contributed by atoms with van der Waals surface area (Å²) in [6, 6.07) is 15.9. The number of carbonyl (C=O) groups excluding carboxylic acids is 1. The normalized spacial score (nSPS) is 30.2. The van der Waals surface area contributed by atoms with Gasteiger partial charge in [-0.05, 0) is 0 Å². The first-order valence-electron chi connectivity index (χ1n) is 13.9. The zero-order chi connectivity index (χ0) is 29.4. The van der Waals surface area contributed by atoms with Crippen molar-refractivity contribution in [1.29, 1.82) is 0 Å². The van der Waals surface area contributed by atoms with E-state index in [1.807, 2.05) is 44.2 Å². The van der Waals surface area contributed by atoms with Crippen molar-refractivity contribution in [1.82, 2.24) is 24.6 Å². The number of nitrogens with two attached hydrogens (primary N) is 1. The van der Waals surface area contributed by atoms with Crippen LogP contribution in [0.25, 0.3) is 11.2 Å². The summed E-state index contributed by atoms with van der Waals surface area (Å²) in [7, 11) is -4.73. The quantitative estimate of drug-likeness (QED) is 0.307. The molecule has 4 aromatic rings. The summed E-state index contributed by atoms with van der Waals surface area (Å²) >= 11 is 0. The number of carbonyl (C=O) groups is 1. The Balaban J connectivity index is 1.10. The van der Waals surface area contributed by atoms with Crippen LogP contribution in [0.15, 0.2) is 67.3 Å². The first-order chi connectivity index (χ1) is 20.7. The van der Waals surface area contributed by atoms with Gasteiger partial charge >= 0.3 is 246 Å². The fourth-order valence-corrected chi connectivity index (χ4v) is 9.00. The molecule has 0 radical (unpaired) electrons. The van der Waals surface area contributed by atoms with Crippen LogP contribution in [0.5, 0.6) is 11.5 Å². The van der Waals surface area contributed by atoms with E-state index in [2.05, 4.69) is 20.0 Å². The minimum absolute atomic E-state index is 0.120. The third kappa shape index (κ3) is 4.33. The average molecular weight is 609 g/mol. The predicted molar refractivity (Wildman–Crippen MR) is 151 cm³/mol. The minimum atomic E-state index is -4.73. The number of hydrogen-bond donors (Lipinski definition) is 2. The van der Waals surface area contributed by atoms with Crippen LogP contribution in [-0.2, 0) is 34.5 Å². The molecule has 3 saturated heterocycles. The van der Waals surface area contributed by atoms with Crippen molar-refractivity contribution in [3.8, 4) is 11.5 Å². The number of aromatic nitrogens is 4. The molecule has 4 aliphatic rings. The summed E-state index contributed by atoms with van der Waals surface area (Å²) in [6.45, 7) is 3.54. The van der Waals surface area contributed by atoms with Crippen molar-refractivity contribution in [2.75, 3.05) is 12.3 Å². The average Bonchev–Trinajstić information content (AvgIpc) is 3.76. The van der Waals surface area contributed by atoms with Gasteiger partial charge in [0.2, 0.25) is 0 Å². The summed E-state index contributed by atoms with van der Waals surface area (Å²) in [5.74, 6) is -0.396. The molecule has 43 heavy (non-hydrogen) atoms. The van der Waals surface area contributed by atoms with Crippen LogP contribution >= 0.6 is 7.66 Å². The van der Waals surface area contributed by atoms with Crippen molar-refractivity contribution < 1.29 is 37.1 Å². The molecule has 0 amide bonds. The van der Waals surface area contributed by atoms with Gasteiger partial charge in [-0.1, -0.05) is 0 Å². The van der Waals surface area contributed by atoms with Gasteiger partial charge in [0.15, 0.2) is 0 Å². The van der Waals surface area contributed by atoms with E-state index in [1.54, 1.807) is 35.2 Å². The number of hydrogen-bond acceptors (Lipinski definition) is 13. The molecule has 0 aliphatic carbocycles. The number of nitrogens with one attached hydrogen (secondary N) is 1. The van der Waals surface area contributed by atoms with Gasteiger partial charge in [-0.15, -0.1) is 0 Å². The number of ether oxygens (including phenoxy) is 3. The Kier molecular flexibility index (Phi) is 5.77. The maximum absolute atomic E-state index is 13.3. The van der Waals surface area contributed by atoms with Crippen LogP contribution in [0.2, 0.25) is 0 Å². The van der Waals surface area contributed by atoms with Crippen LogP contribution in [0, 0.1) is 0 Å². The van der Waals surface area contributed by atoms with Gasteiger partial charge in [0.25, 0.3) is 0 Å². The molecule has 6 heterocycles. The second-order valence-electron chi connectivity index (χ2n) is 11.2. The predicted octanol–water partition coefficient (Wildman–Crippen LogP) is 3.20. The van der Waals surface area contributed by atoms with Gasteiger partial charge in [-0.3, -0.25) is 0 Å². The molecule has 224 valence electrons. The van der Waals surface area contributed by atoms with Crippen molar-refractivity contribution in [3.63, 3.8) is 0 Å². The number of fused-ring (bicyclic) bond motifs is 3. The topological polar surface area (TPSA) is 163 Å². The summed E-state index contributed by atoms with van der Waals surface area (Å²) < 4.78 is 45.9. The summed E-state index contributed by atoms with van der Waals surface area (Å²) in [6.07, 6.45) is 0.831. The fraction of sp³-hybridized carbons (Fsp3) is 0.357. The van der Waals surface area contributed by atoms with Gasteiger partial charge in [0.05, 0.1) is 0 Å². The van der Waals surface area contributed by atoms with Crippen LogP contribution in [0.1, 0.15) is 25.6 Å². The number of benzene rings is 2. The molecule has 8 rings (SSSR count). The van der Waals surface area contributed by atoms with Crippen molar-refractivity contribution in [2.24, 2.45) is 0 Å². The standard InChI is InChI=1S/C28H29N6O8P/c1-28(2)38-22-20(37-26(23(22)39-28)34-15-32-21-24(29)30-14-31-25(21)34)13-36-43(40-18-10-6-7-11-19(18)41-43)33-17(27(35)42-43)12-16-8-4-3-5-9-16/h3-11,14-15,17,20,22-23,26,33H,12-13H2,1-2H3,(H2,29,30,31)/t17?,20-,22-,23-,26-/m1/s1. The summed E-state index contributed by atoms with van der Waals surface area (Å²) in [4.78, 5) is 26.1. The number of imidazole rings is 1. The second-order valence-corrected chi connectivity index (χ2v) is 13.9. The number of rotatable bonds is 6. The SMILES string of the molecule is CC1(C)O[C@@H]2[C@H](O1)[C@@H](COP13(NC(Cc4ccccc4)C(=O)O1)Oc1ccccc1O3)O[C@H]2n1cnc2c(N)ncnc21. The van der Waals surface area contributed by atoms with E-state index >= 15 is 0 Å². The van der Waals surface area contributed by atoms with Crippen LogP contribution in [0.4, 0.5) is 5.82 Å². The molecule has 2 aromatic heterocycles. The van der Waals surface area contributed by atoms with Gasteiger partial charge in [0, 0.05) is 0 Å². The van der Waals surface area contributed by atoms with Gasteiger partial charge in [-0.25, -0.2) is 0 Å². The molecule has 14 nitrogen and oxygen atoms in total. The van der Waals surface area contributed by atoms with Crippen LogP contribution < -0.4 is 19.9 Å². The van der Waals surface area contributed by atoms with E-state index in [4.69, 9.17) is 38.0 Å². The number of para-hydroxylation sites is 2. The van der Waals surface area contributed by atoms with Crippen molar-refractivity contribution in [2.45, 2.75) is 56.6 Å². The van der Waals surface area contributed by atoms with E-state index in [0.29, 0.717) is 29.1 Å². The van der Waals surface area contributed by atoms with E-state index in [1.165, 1.54) is 6.33 Å². The van der Waals surface area contributed by atoms with E-state index in [0.717, 1.165) is 5.56 Å². The maximum atomic E-state index is 13.3. The summed E-state index contributed by atoms with van der Waals surface area (Å²) in [5, 5.41) is 3.21. The van der Waals surface area contributed by atoms with Gasteiger partial charge in [-0.2, -0.15) is 0 Å². The van der Waals surface area contributed by atoms with Gasteiger partial charge < -0.3 is 0 Å². The van der Waals surface area contributed by atoms with Crippen LogP contribution in [-0.4, -0.2) is 62.2 Å². The first kappa shape index (κ1) is 26.7. The van der Waals surface area contributed by atoms with E-state index in [-0.39, 0.29) is 12.4 Å². The third-order valence-corrected chi connectivity index (χ3v) is 10.6. The number of nitrogens with zero attached hydrogens (tertiary/aromatic N) is 4. The Labute approximate surface area is 245 Å². The van der Waals surface area contributed by atoms with Crippen molar-refractivity contribution in [3.05, 3.63) is 72.8 Å². The Morgan fingerprint density at radius 1 is 0.977 bits per heavy atom. The van der Waals surface area contributed by atoms with Gasteiger partial charge in [0.1, 0.15) is 0 Å². The molecule has 2 aromatic carbocycles. The Hall–Kier alpha value is -3.91. The Morgan fingerprint density at radius 3 is 2.47 bits per heavy atom. The van der Waals surface area contributed by atoms with Crippen LogP contribution in [0.3, 0.4) is 0 Å². The molecule has 15 heteroatoms. The molecule has 3 N–H and O–H groups in total. The molecule has 4 aliphatic heterocycles. The molecule has 1 spiro atoms. The Morgan fingerprint density at radius 2 is 1.70 bits per heavy atom. The second kappa shape index (κ2) is 9.29.